The molecule has 30 heavy (non-hydrogen) atoms. The minimum absolute atomic E-state index is 0.0871. The number of thiazole rings is 1. The molecule has 5 nitrogen and oxygen atoms in total. The molecule has 0 spiro atoms. The van der Waals surface area contributed by atoms with Crippen molar-refractivity contribution in [2.75, 3.05) is 11.1 Å². The maximum absolute atomic E-state index is 12.3. The normalized spacial score (nSPS) is 13.1. The average Bonchev–Trinajstić information content (AvgIpc) is 3.43. The van der Waals surface area contributed by atoms with Gasteiger partial charge in [0, 0.05) is 34.0 Å². The second kappa shape index (κ2) is 9.45. The molecule has 7 heteroatoms. The number of benzene rings is 2. The molecule has 1 heterocycles. The first-order valence-electron chi connectivity index (χ1n) is 9.87. The fourth-order valence-electron chi connectivity index (χ4n) is 2.88. The summed E-state index contributed by atoms with van der Waals surface area (Å²) in [5.41, 5.74) is 4.53. The highest BCUT2D eigenvalue weighted by atomic mass is 32.2. The third-order valence-electron chi connectivity index (χ3n) is 4.65. The van der Waals surface area contributed by atoms with E-state index >= 15 is 0 Å². The van der Waals surface area contributed by atoms with Crippen LogP contribution in [-0.2, 0) is 10.5 Å². The Bertz CT molecular complexity index is 1040. The van der Waals surface area contributed by atoms with Crippen molar-refractivity contribution in [3.63, 3.8) is 0 Å². The highest BCUT2D eigenvalue weighted by Crippen LogP contribution is 2.26. The molecule has 1 aromatic heterocycles. The number of amides is 2. The van der Waals surface area contributed by atoms with E-state index in [1.54, 1.807) is 35.6 Å². The summed E-state index contributed by atoms with van der Waals surface area (Å²) in [7, 11) is 0. The lowest BCUT2D eigenvalue weighted by molar-refractivity contribution is -0.113. The van der Waals surface area contributed by atoms with Crippen molar-refractivity contribution in [2.24, 2.45) is 0 Å². The van der Waals surface area contributed by atoms with Gasteiger partial charge in [0.1, 0.15) is 5.01 Å². The van der Waals surface area contributed by atoms with Gasteiger partial charge in [0.2, 0.25) is 5.91 Å². The number of carbonyl (C=O) groups excluding carboxylic acids is 2. The number of rotatable bonds is 8. The number of aryl methyl sites for hydroxylation is 1. The molecule has 0 saturated heterocycles. The van der Waals surface area contributed by atoms with Gasteiger partial charge in [-0.05, 0) is 38.0 Å². The molecule has 0 unspecified atom stereocenters. The zero-order valence-corrected chi connectivity index (χ0v) is 18.3. The predicted octanol–water partition coefficient (Wildman–Crippen LogP) is 4.88. The molecule has 2 amide bonds. The molecule has 3 aromatic rings. The molecular formula is C23H23N3O2S2. The summed E-state index contributed by atoms with van der Waals surface area (Å²) in [6.07, 6.45) is 2.09. The monoisotopic (exact) mass is 437 g/mol. The number of nitrogens with one attached hydrogen (secondary N) is 2. The Morgan fingerprint density at radius 3 is 2.73 bits per heavy atom. The predicted molar refractivity (Wildman–Crippen MR) is 124 cm³/mol. The largest absolute Gasteiger partial charge is 0.349 e. The van der Waals surface area contributed by atoms with E-state index in [2.05, 4.69) is 46.8 Å². The fraction of sp³-hybridized carbons (Fsp3) is 0.261. The molecule has 0 radical (unpaired) electrons. The van der Waals surface area contributed by atoms with Gasteiger partial charge in [0.15, 0.2) is 0 Å². The summed E-state index contributed by atoms with van der Waals surface area (Å²) in [5, 5.41) is 8.87. The molecule has 1 fully saturated rings. The zero-order valence-electron chi connectivity index (χ0n) is 16.7. The van der Waals surface area contributed by atoms with Gasteiger partial charge in [-0.1, -0.05) is 35.9 Å². The second-order valence-corrected chi connectivity index (χ2v) is 9.22. The molecule has 2 N–H and O–H groups in total. The van der Waals surface area contributed by atoms with Gasteiger partial charge >= 0.3 is 0 Å². The fourth-order valence-corrected chi connectivity index (χ4v) is 4.53. The summed E-state index contributed by atoms with van der Waals surface area (Å²) < 4.78 is 0. The van der Waals surface area contributed by atoms with Crippen LogP contribution in [0.5, 0.6) is 0 Å². The molecule has 1 saturated carbocycles. The van der Waals surface area contributed by atoms with E-state index in [0.29, 0.717) is 28.8 Å². The van der Waals surface area contributed by atoms with E-state index in [-0.39, 0.29) is 11.8 Å². The van der Waals surface area contributed by atoms with Gasteiger partial charge in [0.05, 0.1) is 11.4 Å². The highest BCUT2D eigenvalue weighted by Gasteiger charge is 2.23. The SMILES string of the molecule is Cc1ccc(-c2nc(CSCC(=O)Nc3cccc(C(=O)NC4CC4)c3)cs2)cc1. The van der Waals surface area contributed by atoms with Crippen LogP contribution in [0.2, 0.25) is 0 Å². The topological polar surface area (TPSA) is 71.1 Å². The molecule has 0 bridgehead atoms. The molecule has 4 rings (SSSR count). The van der Waals surface area contributed by atoms with E-state index in [1.165, 1.54) is 17.3 Å². The first-order valence-corrected chi connectivity index (χ1v) is 11.9. The summed E-state index contributed by atoms with van der Waals surface area (Å²) in [6.45, 7) is 2.07. The van der Waals surface area contributed by atoms with Crippen LogP contribution >= 0.6 is 23.1 Å². The Labute approximate surface area is 184 Å². The quantitative estimate of drug-likeness (QED) is 0.527. The van der Waals surface area contributed by atoms with Gasteiger partial charge in [-0.2, -0.15) is 0 Å². The lowest BCUT2D eigenvalue weighted by atomic mass is 10.2. The Hall–Kier alpha value is -2.64. The van der Waals surface area contributed by atoms with Crippen LogP contribution in [0.4, 0.5) is 5.69 Å². The number of carbonyl (C=O) groups is 2. The number of hydrogen-bond acceptors (Lipinski definition) is 5. The Morgan fingerprint density at radius 1 is 1.17 bits per heavy atom. The molecule has 1 aliphatic carbocycles. The summed E-state index contributed by atoms with van der Waals surface area (Å²) in [6, 6.07) is 15.7. The van der Waals surface area contributed by atoms with Crippen LogP contribution in [0.1, 0.15) is 34.5 Å². The lowest BCUT2D eigenvalue weighted by Gasteiger charge is -2.08. The maximum Gasteiger partial charge on any atom is 0.251 e. The van der Waals surface area contributed by atoms with Gasteiger partial charge < -0.3 is 10.6 Å². The first-order chi connectivity index (χ1) is 14.6. The average molecular weight is 438 g/mol. The molecule has 1 aliphatic rings. The maximum atomic E-state index is 12.3. The van der Waals surface area contributed by atoms with Crippen LogP contribution in [0.3, 0.4) is 0 Å². The Morgan fingerprint density at radius 2 is 1.97 bits per heavy atom. The smallest absolute Gasteiger partial charge is 0.251 e. The zero-order chi connectivity index (χ0) is 20.9. The van der Waals surface area contributed by atoms with Crippen LogP contribution < -0.4 is 10.6 Å². The van der Waals surface area contributed by atoms with Crippen molar-refractivity contribution in [3.8, 4) is 10.6 Å². The molecular weight excluding hydrogens is 414 g/mol. The van der Waals surface area contributed by atoms with Crippen LogP contribution in [0, 0.1) is 6.92 Å². The molecule has 0 atom stereocenters. The number of thioether (sulfide) groups is 1. The van der Waals surface area contributed by atoms with E-state index in [0.717, 1.165) is 29.1 Å². The third-order valence-corrected chi connectivity index (χ3v) is 6.56. The molecule has 0 aliphatic heterocycles. The Kier molecular flexibility index (Phi) is 6.50. The number of nitrogens with zero attached hydrogens (tertiary/aromatic N) is 1. The van der Waals surface area contributed by atoms with Crippen LogP contribution in [0.25, 0.3) is 10.6 Å². The van der Waals surface area contributed by atoms with Crippen molar-refractivity contribution in [1.82, 2.24) is 10.3 Å². The van der Waals surface area contributed by atoms with Crippen molar-refractivity contribution >= 4 is 40.6 Å². The minimum atomic E-state index is -0.0891. The summed E-state index contributed by atoms with van der Waals surface area (Å²) in [4.78, 5) is 29.1. The summed E-state index contributed by atoms with van der Waals surface area (Å²) in [5.74, 6) is 0.833. The van der Waals surface area contributed by atoms with Crippen molar-refractivity contribution in [2.45, 2.75) is 31.6 Å². The van der Waals surface area contributed by atoms with Crippen molar-refractivity contribution in [3.05, 3.63) is 70.7 Å². The number of aromatic nitrogens is 1. The molecule has 154 valence electrons. The van der Waals surface area contributed by atoms with Crippen molar-refractivity contribution < 1.29 is 9.59 Å². The minimum Gasteiger partial charge on any atom is -0.349 e. The van der Waals surface area contributed by atoms with Gasteiger partial charge in [-0.25, -0.2) is 4.98 Å². The van der Waals surface area contributed by atoms with Gasteiger partial charge in [0.25, 0.3) is 5.91 Å². The van der Waals surface area contributed by atoms with Crippen LogP contribution in [-0.4, -0.2) is 28.6 Å². The number of anilines is 1. The van der Waals surface area contributed by atoms with Crippen LogP contribution in [0.15, 0.2) is 53.9 Å². The van der Waals surface area contributed by atoms with Crippen molar-refractivity contribution in [1.29, 1.82) is 0 Å². The second-order valence-electron chi connectivity index (χ2n) is 7.38. The third kappa shape index (κ3) is 5.70. The van der Waals surface area contributed by atoms with E-state index in [9.17, 15) is 9.59 Å². The standard InChI is InChI=1S/C23H23N3O2S2/c1-15-5-7-16(8-6-15)23-26-20(13-30-23)12-29-14-21(27)24-19-4-2-3-17(11-19)22(28)25-18-9-10-18/h2-8,11,13,18H,9-10,12,14H2,1H3,(H,24,27)(H,25,28). The van der Waals surface area contributed by atoms with E-state index < -0.39 is 0 Å². The lowest BCUT2D eigenvalue weighted by Crippen LogP contribution is -2.25. The highest BCUT2D eigenvalue weighted by molar-refractivity contribution is 7.99. The number of hydrogen-bond donors (Lipinski definition) is 2. The molecule has 2 aromatic carbocycles. The first kappa shape index (κ1) is 20.6. The Balaban J connectivity index is 1.25. The van der Waals surface area contributed by atoms with Gasteiger partial charge in [-0.3, -0.25) is 9.59 Å². The summed E-state index contributed by atoms with van der Waals surface area (Å²) >= 11 is 3.14. The van der Waals surface area contributed by atoms with Gasteiger partial charge in [-0.15, -0.1) is 23.1 Å². The van der Waals surface area contributed by atoms with E-state index in [1.807, 2.05) is 5.38 Å². The van der Waals surface area contributed by atoms with E-state index in [4.69, 9.17) is 0 Å².